The molecule has 17 heteroatoms. The van der Waals surface area contributed by atoms with Crippen molar-refractivity contribution >= 4 is 7.25 Å². The van der Waals surface area contributed by atoms with Crippen molar-refractivity contribution < 1.29 is 39.1 Å². The average molecular weight is 881 g/mol. The van der Waals surface area contributed by atoms with Crippen LogP contribution in [0.5, 0.6) is 0 Å². The van der Waals surface area contributed by atoms with Crippen molar-refractivity contribution in [2.24, 2.45) is 0 Å². The fraction of sp³-hybridized carbons (Fsp3) is 0.178. The van der Waals surface area contributed by atoms with Crippen LogP contribution in [0, 0.1) is 92.8 Å². The smallest absolute Gasteiger partial charge is 0.459 e. The molecule has 0 spiro atoms. The summed E-state index contributed by atoms with van der Waals surface area (Å²) in [6.07, 6.45) is 11.1. The molecule has 62 heavy (non-hydrogen) atoms. The maximum absolute atomic E-state index is 9.75. The Kier molecular flexibility index (Phi) is 23.2. The summed E-state index contributed by atoms with van der Waals surface area (Å²) in [5.41, 5.74) is 12.2. The van der Waals surface area contributed by atoms with E-state index in [1.54, 1.807) is 31.2 Å². The number of pyridine rings is 6. The standard InChI is InChI=1S/3C12H12N2.C9H5N4O.BF4.Fe/c3*1-9-3-5-11(13-7-9)12-6-4-10(2)8-14-12;1-2-14-9(7(3-10)4-11)8(5-12)6-13;2-1(3,4)5;/h3*3-8H,1-2H3;2H2,1H3;;/q;;;+1;-1;. The summed E-state index contributed by atoms with van der Waals surface area (Å²) < 4.78 is 43.9. The Morgan fingerprint density at radius 2 is 0.694 bits per heavy atom. The van der Waals surface area contributed by atoms with Crippen LogP contribution in [0.3, 0.4) is 0 Å². The van der Waals surface area contributed by atoms with E-state index in [2.05, 4.69) is 29.9 Å². The molecule has 11 nitrogen and oxygen atoms in total. The Bertz CT molecular complexity index is 2090. The molecule has 0 saturated carbocycles. The third-order valence-corrected chi connectivity index (χ3v) is 7.45. The summed E-state index contributed by atoms with van der Waals surface area (Å²) in [4.78, 5) is 25.9. The van der Waals surface area contributed by atoms with Gasteiger partial charge in [0.15, 0.2) is 0 Å². The minimum absolute atomic E-state index is 0. The first-order valence-electron chi connectivity index (χ1n) is 18.3. The van der Waals surface area contributed by atoms with Gasteiger partial charge in [-0.1, -0.05) is 36.4 Å². The van der Waals surface area contributed by atoms with Crippen molar-refractivity contribution in [3.05, 3.63) is 161 Å². The number of aromatic nitrogens is 6. The van der Waals surface area contributed by atoms with Crippen LogP contribution in [0.15, 0.2) is 121 Å². The second-order valence-electron chi connectivity index (χ2n) is 12.8. The van der Waals surface area contributed by atoms with Gasteiger partial charge >= 0.3 is 24.5 Å². The molecular formula is C45H41BF4FeN10O. The maximum atomic E-state index is 9.75. The number of aryl methyl sites for hydroxylation is 6. The quantitative estimate of drug-likeness (QED) is 0.0510. The van der Waals surface area contributed by atoms with Crippen LogP contribution in [0.25, 0.3) is 34.2 Å². The van der Waals surface area contributed by atoms with Gasteiger partial charge in [0.2, 0.25) is 24.3 Å². The second-order valence-corrected chi connectivity index (χ2v) is 12.8. The van der Waals surface area contributed by atoms with E-state index in [4.69, 9.17) is 25.8 Å². The van der Waals surface area contributed by atoms with Crippen molar-refractivity contribution in [2.45, 2.75) is 48.5 Å². The number of nitrogens with zero attached hydrogens (tertiary/aromatic N) is 10. The summed E-state index contributed by atoms with van der Waals surface area (Å²) in [6, 6.07) is 30.5. The van der Waals surface area contributed by atoms with Crippen LogP contribution >= 0.6 is 0 Å². The van der Waals surface area contributed by atoms with Gasteiger partial charge in [0.05, 0.1) is 40.8 Å². The van der Waals surface area contributed by atoms with E-state index in [-0.39, 0.29) is 40.9 Å². The van der Waals surface area contributed by atoms with E-state index in [1.807, 2.05) is 152 Å². The SMILES string of the molecule is CCOC(=C(C#N)C#N)[C+](C#N)C#N.Cc1ccc(-c2ccc(C)cn2)nc1.Cc1ccc(-c2ccc(C)cn2)nc1.Cc1ccc(-c2ccc(C)cn2)nc1.F[B-](F)(F)F.[Fe]. The molecular weight excluding hydrogens is 839 g/mol. The number of hydrogen-bond acceptors (Lipinski definition) is 11. The van der Waals surface area contributed by atoms with Crippen molar-refractivity contribution in [1.82, 2.24) is 29.9 Å². The van der Waals surface area contributed by atoms with E-state index in [0.29, 0.717) is 0 Å². The van der Waals surface area contributed by atoms with Crippen molar-refractivity contribution in [1.29, 1.82) is 21.0 Å². The maximum Gasteiger partial charge on any atom is 0.673 e. The molecule has 0 bridgehead atoms. The predicted molar refractivity (Wildman–Crippen MR) is 225 cm³/mol. The first kappa shape index (κ1) is 52.6. The minimum atomic E-state index is -6.00. The molecule has 0 aliphatic rings. The van der Waals surface area contributed by atoms with Gasteiger partial charge in [-0.25, -0.2) is 0 Å². The number of ether oxygens (including phenoxy) is 1. The fourth-order valence-electron chi connectivity index (χ4n) is 4.38. The topological polar surface area (TPSA) is 182 Å². The molecule has 0 N–H and O–H groups in total. The van der Waals surface area contributed by atoms with Gasteiger partial charge in [-0.3, -0.25) is 29.9 Å². The van der Waals surface area contributed by atoms with Crippen molar-refractivity contribution in [2.75, 3.05) is 6.61 Å². The summed E-state index contributed by atoms with van der Waals surface area (Å²) in [6.45, 7) is 14.0. The van der Waals surface area contributed by atoms with Crippen LogP contribution in [-0.4, -0.2) is 43.8 Å². The van der Waals surface area contributed by atoms with Crippen molar-refractivity contribution in [3.63, 3.8) is 0 Å². The van der Waals surface area contributed by atoms with Gasteiger partial charge in [0.25, 0.3) is 0 Å². The number of hydrogen-bond donors (Lipinski definition) is 0. The third-order valence-electron chi connectivity index (χ3n) is 7.45. The number of rotatable bonds is 6. The van der Waals surface area contributed by atoms with Gasteiger partial charge in [0.1, 0.15) is 0 Å². The average Bonchev–Trinajstić information content (AvgIpc) is 3.24. The predicted octanol–water partition coefficient (Wildman–Crippen LogP) is 10.5. The van der Waals surface area contributed by atoms with E-state index in [9.17, 15) is 17.3 Å². The van der Waals surface area contributed by atoms with E-state index >= 15 is 0 Å². The molecule has 0 aliphatic heterocycles. The molecule has 0 saturated heterocycles. The van der Waals surface area contributed by atoms with Gasteiger partial charge in [0, 0.05) is 54.2 Å². The Hall–Kier alpha value is -7.43. The zero-order valence-electron chi connectivity index (χ0n) is 34.9. The van der Waals surface area contributed by atoms with E-state index in [0.717, 1.165) is 34.2 Å². The number of nitriles is 4. The Labute approximate surface area is 370 Å². The molecule has 0 unspecified atom stereocenters. The van der Waals surface area contributed by atoms with Crippen LogP contribution in [0.1, 0.15) is 40.3 Å². The van der Waals surface area contributed by atoms with Crippen LogP contribution in [-0.2, 0) is 21.8 Å². The summed E-state index contributed by atoms with van der Waals surface area (Å²) in [5, 5.41) is 34.1. The van der Waals surface area contributed by atoms with Gasteiger partial charge in [-0.15, -0.1) is 0 Å². The largest absolute Gasteiger partial charge is 0.673 e. The zero-order valence-corrected chi connectivity index (χ0v) is 36.0. The zero-order chi connectivity index (χ0) is 45.4. The molecule has 0 radical (unpaired) electrons. The summed E-state index contributed by atoms with van der Waals surface area (Å²) >= 11 is 0. The summed E-state index contributed by atoms with van der Waals surface area (Å²) in [7, 11) is -6.00. The van der Waals surface area contributed by atoms with Crippen LogP contribution in [0.4, 0.5) is 17.3 Å². The van der Waals surface area contributed by atoms with Crippen molar-refractivity contribution in [3.8, 4) is 58.4 Å². The summed E-state index contributed by atoms with van der Waals surface area (Å²) in [5.74, 6) is -0.618. The molecule has 6 heterocycles. The van der Waals surface area contributed by atoms with Gasteiger partial charge in [-0.05, 0) is 118 Å². The minimum Gasteiger partial charge on any atom is -0.459 e. The molecule has 6 aromatic heterocycles. The molecule has 0 fully saturated rings. The fourth-order valence-corrected chi connectivity index (χ4v) is 4.38. The number of allylic oxidation sites excluding steroid dienone is 2. The van der Waals surface area contributed by atoms with Crippen LogP contribution < -0.4 is 0 Å². The van der Waals surface area contributed by atoms with Crippen LogP contribution in [0.2, 0.25) is 0 Å². The molecule has 0 aromatic carbocycles. The molecule has 0 aliphatic carbocycles. The monoisotopic (exact) mass is 880 g/mol. The Balaban J connectivity index is 0.000000396. The first-order valence-corrected chi connectivity index (χ1v) is 18.3. The normalized spacial score (nSPS) is 9.40. The van der Waals surface area contributed by atoms with Gasteiger partial charge in [-0.2, -0.15) is 21.0 Å². The van der Waals surface area contributed by atoms with E-state index in [1.165, 1.54) is 33.4 Å². The first-order chi connectivity index (χ1) is 29.0. The Morgan fingerprint density at radius 3 is 0.823 bits per heavy atom. The Morgan fingerprint density at radius 1 is 0.484 bits per heavy atom. The van der Waals surface area contributed by atoms with E-state index < -0.39 is 7.25 Å². The second kappa shape index (κ2) is 27.4. The molecule has 0 atom stereocenters. The molecule has 6 rings (SSSR count). The molecule has 316 valence electrons. The number of halogens is 4. The third kappa shape index (κ3) is 20.0. The molecule has 0 amide bonds. The molecule has 6 aromatic rings. The van der Waals surface area contributed by atoms with Gasteiger partial charge < -0.3 is 22.0 Å².